The van der Waals surface area contributed by atoms with Gasteiger partial charge in [0, 0.05) is 19.6 Å². The maximum atomic E-state index is 8.40. The van der Waals surface area contributed by atoms with Gasteiger partial charge in [0.05, 0.1) is 6.07 Å². The van der Waals surface area contributed by atoms with Crippen LogP contribution >= 0.6 is 0 Å². The van der Waals surface area contributed by atoms with Gasteiger partial charge in [0.25, 0.3) is 0 Å². The summed E-state index contributed by atoms with van der Waals surface area (Å²) in [5.74, 6) is 0. The summed E-state index contributed by atoms with van der Waals surface area (Å²) in [7, 11) is -0.0661. The summed E-state index contributed by atoms with van der Waals surface area (Å²) in [5, 5.41) is 8.40. The van der Waals surface area contributed by atoms with Crippen molar-refractivity contribution in [2.24, 2.45) is 0 Å². The van der Waals surface area contributed by atoms with E-state index in [1.54, 1.807) is 0 Å². The smallest absolute Gasteiger partial charge is 0.411 e. The summed E-state index contributed by atoms with van der Waals surface area (Å²) in [6.07, 6.45) is 5.52. The summed E-state index contributed by atoms with van der Waals surface area (Å²) in [4.78, 5) is 0. The molecule has 0 aliphatic heterocycles. The highest BCUT2D eigenvalue weighted by Crippen LogP contribution is 2.07. The van der Waals surface area contributed by atoms with Gasteiger partial charge in [-0.3, -0.25) is 0 Å². The first kappa shape index (κ1) is 14.5. The van der Waals surface area contributed by atoms with E-state index in [2.05, 4.69) is 19.9 Å². The summed E-state index contributed by atoms with van der Waals surface area (Å²) < 4.78 is 11.1. The van der Waals surface area contributed by atoms with Gasteiger partial charge in [-0.2, -0.15) is 5.26 Å². The maximum absolute atomic E-state index is 8.40. The molecule has 0 aromatic rings. The van der Waals surface area contributed by atoms with Crippen LogP contribution in [0.2, 0.25) is 6.32 Å². The Bertz CT molecular complexity index is 162. The molecule has 0 atom stereocenters. The van der Waals surface area contributed by atoms with E-state index in [9.17, 15) is 0 Å². The molecule has 4 heteroatoms. The molecule has 0 saturated heterocycles. The minimum absolute atomic E-state index is 0.0661. The Labute approximate surface area is 93.9 Å². The number of nitrogens with zero attached hydrogens (tertiary/aromatic N) is 1. The van der Waals surface area contributed by atoms with E-state index in [1.807, 2.05) is 0 Å². The molecule has 0 unspecified atom stereocenters. The Morgan fingerprint density at radius 3 is 2.13 bits per heavy atom. The first-order chi connectivity index (χ1) is 7.35. The van der Waals surface area contributed by atoms with Crippen LogP contribution in [0.1, 0.15) is 46.0 Å². The van der Waals surface area contributed by atoms with E-state index < -0.39 is 0 Å². The topological polar surface area (TPSA) is 42.2 Å². The largest absolute Gasteiger partial charge is 0.456 e. The highest BCUT2D eigenvalue weighted by atomic mass is 16.6. The molecular formula is C11H22BNO2. The normalized spacial score (nSPS) is 9.93. The predicted molar refractivity (Wildman–Crippen MR) is 62.5 cm³/mol. The SMILES string of the molecule is CCCOB(CCCCC#N)OCCC. The first-order valence-corrected chi connectivity index (χ1v) is 5.95. The van der Waals surface area contributed by atoms with Crippen molar-refractivity contribution in [1.29, 1.82) is 5.26 Å². The van der Waals surface area contributed by atoms with E-state index in [-0.39, 0.29) is 7.12 Å². The molecule has 0 amide bonds. The lowest BCUT2D eigenvalue weighted by molar-refractivity contribution is 0.195. The Hall–Kier alpha value is -0.525. The van der Waals surface area contributed by atoms with Crippen LogP contribution < -0.4 is 0 Å². The molecule has 3 nitrogen and oxygen atoms in total. The third kappa shape index (κ3) is 9.77. The molecule has 0 saturated carbocycles. The van der Waals surface area contributed by atoms with E-state index in [0.29, 0.717) is 6.42 Å². The van der Waals surface area contributed by atoms with Crippen molar-refractivity contribution in [3.63, 3.8) is 0 Å². The van der Waals surface area contributed by atoms with Crippen LogP contribution in [-0.2, 0) is 9.31 Å². The van der Waals surface area contributed by atoms with Gasteiger partial charge < -0.3 is 9.31 Å². The molecule has 15 heavy (non-hydrogen) atoms. The summed E-state index contributed by atoms with van der Waals surface area (Å²) in [6, 6.07) is 2.15. The average molecular weight is 211 g/mol. The molecule has 0 heterocycles. The Morgan fingerprint density at radius 1 is 1.07 bits per heavy atom. The summed E-state index contributed by atoms with van der Waals surface area (Å²) in [5.41, 5.74) is 0. The van der Waals surface area contributed by atoms with Gasteiger partial charge in [-0.25, -0.2) is 0 Å². The van der Waals surface area contributed by atoms with Crippen molar-refractivity contribution in [2.75, 3.05) is 13.2 Å². The van der Waals surface area contributed by atoms with Crippen molar-refractivity contribution >= 4 is 7.12 Å². The fourth-order valence-electron chi connectivity index (χ4n) is 1.23. The van der Waals surface area contributed by atoms with Crippen LogP contribution in [0.3, 0.4) is 0 Å². The lowest BCUT2D eigenvalue weighted by Gasteiger charge is -2.13. The molecule has 0 N–H and O–H groups in total. The van der Waals surface area contributed by atoms with Gasteiger partial charge in [0.1, 0.15) is 0 Å². The van der Waals surface area contributed by atoms with E-state index in [1.165, 1.54) is 0 Å². The number of rotatable bonds is 10. The standard InChI is InChI=1S/C11H22BNO2/c1-3-10-14-12(15-11-4-2)8-6-5-7-9-13/h3-8,10-11H2,1-2H3. The summed E-state index contributed by atoms with van der Waals surface area (Å²) >= 11 is 0. The molecule has 0 aromatic carbocycles. The lowest BCUT2D eigenvalue weighted by Crippen LogP contribution is -2.23. The number of nitriles is 1. The van der Waals surface area contributed by atoms with Crippen molar-refractivity contribution in [3.05, 3.63) is 0 Å². The fourth-order valence-corrected chi connectivity index (χ4v) is 1.23. The molecule has 0 radical (unpaired) electrons. The van der Waals surface area contributed by atoms with Gasteiger partial charge in [-0.15, -0.1) is 0 Å². The number of hydrogen-bond donors (Lipinski definition) is 0. The van der Waals surface area contributed by atoms with Crippen LogP contribution in [0.15, 0.2) is 0 Å². The molecular weight excluding hydrogens is 189 g/mol. The van der Waals surface area contributed by atoms with Crippen LogP contribution in [0.4, 0.5) is 0 Å². The highest BCUT2D eigenvalue weighted by Gasteiger charge is 2.16. The van der Waals surface area contributed by atoms with E-state index in [0.717, 1.165) is 45.2 Å². The van der Waals surface area contributed by atoms with Crippen LogP contribution in [-0.4, -0.2) is 20.3 Å². The van der Waals surface area contributed by atoms with Gasteiger partial charge in [0.2, 0.25) is 0 Å². The molecule has 0 rings (SSSR count). The molecule has 0 spiro atoms. The molecule has 0 aromatic heterocycles. The molecule has 86 valence electrons. The Morgan fingerprint density at radius 2 is 1.67 bits per heavy atom. The Kier molecular flexibility index (Phi) is 11.1. The third-order valence-electron chi connectivity index (χ3n) is 1.99. The molecule has 0 aliphatic carbocycles. The second-order valence-corrected chi connectivity index (χ2v) is 3.58. The van der Waals surface area contributed by atoms with Crippen LogP contribution in [0, 0.1) is 11.3 Å². The van der Waals surface area contributed by atoms with Gasteiger partial charge in [-0.1, -0.05) is 20.3 Å². The van der Waals surface area contributed by atoms with Crippen molar-refractivity contribution in [1.82, 2.24) is 0 Å². The molecule has 0 aliphatic rings. The first-order valence-electron chi connectivity index (χ1n) is 5.95. The van der Waals surface area contributed by atoms with E-state index >= 15 is 0 Å². The number of unbranched alkanes of at least 4 members (excludes halogenated alkanes) is 2. The second kappa shape index (κ2) is 11.5. The average Bonchev–Trinajstić information content (AvgIpc) is 2.27. The van der Waals surface area contributed by atoms with E-state index in [4.69, 9.17) is 14.6 Å². The second-order valence-electron chi connectivity index (χ2n) is 3.58. The quantitative estimate of drug-likeness (QED) is 0.412. The van der Waals surface area contributed by atoms with Gasteiger partial charge in [-0.05, 0) is 25.6 Å². The van der Waals surface area contributed by atoms with Crippen molar-refractivity contribution < 1.29 is 9.31 Å². The minimum atomic E-state index is -0.0661. The summed E-state index contributed by atoms with van der Waals surface area (Å²) in [6.45, 7) is 5.69. The third-order valence-corrected chi connectivity index (χ3v) is 1.99. The minimum Gasteiger partial charge on any atom is -0.411 e. The van der Waals surface area contributed by atoms with Gasteiger partial charge >= 0.3 is 7.12 Å². The fraction of sp³-hybridized carbons (Fsp3) is 0.909. The zero-order valence-corrected chi connectivity index (χ0v) is 10.00. The lowest BCUT2D eigenvalue weighted by atomic mass is 9.81. The van der Waals surface area contributed by atoms with Crippen molar-refractivity contribution in [2.45, 2.75) is 52.3 Å². The predicted octanol–water partition coefficient (Wildman–Crippen LogP) is 3.02. The number of hydrogen-bond acceptors (Lipinski definition) is 3. The Balaban J connectivity index is 3.55. The zero-order chi connectivity index (χ0) is 11.4. The van der Waals surface area contributed by atoms with Crippen LogP contribution in [0.25, 0.3) is 0 Å². The monoisotopic (exact) mass is 211 g/mol. The van der Waals surface area contributed by atoms with Crippen molar-refractivity contribution in [3.8, 4) is 6.07 Å². The maximum Gasteiger partial charge on any atom is 0.456 e. The zero-order valence-electron chi connectivity index (χ0n) is 10.00. The van der Waals surface area contributed by atoms with Crippen LogP contribution in [0.5, 0.6) is 0 Å². The molecule has 0 fully saturated rings. The highest BCUT2D eigenvalue weighted by molar-refractivity contribution is 6.44. The van der Waals surface area contributed by atoms with Gasteiger partial charge in [0.15, 0.2) is 0 Å². The molecule has 0 bridgehead atoms.